The molecule has 0 aliphatic rings. The Bertz CT molecular complexity index is 282. The molecule has 0 atom stereocenters. The number of aryl methyl sites for hydroxylation is 1. The number of amides is 1. The van der Waals surface area contributed by atoms with Crippen LogP contribution >= 0.6 is 11.3 Å². The van der Waals surface area contributed by atoms with Crippen LogP contribution in [0.4, 0.5) is 0 Å². The Morgan fingerprint density at radius 2 is 2.42 bits per heavy atom. The molecule has 1 heterocycles. The molecular weight excluding hydrogens is 172 g/mol. The van der Waals surface area contributed by atoms with Gasteiger partial charge in [0.25, 0.3) is 0 Å². The zero-order valence-electron chi connectivity index (χ0n) is 7.50. The van der Waals surface area contributed by atoms with Crippen LogP contribution < -0.4 is 0 Å². The Balaban J connectivity index is 2.58. The second-order valence-corrected chi connectivity index (χ2v) is 4.04. The van der Waals surface area contributed by atoms with E-state index in [1.807, 2.05) is 13.1 Å². The van der Waals surface area contributed by atoms with Gasteiger partial charge in [0, 0.05) is 25.0 Å². The normalized spacial score (nSPS) is 9.92. The minimum Gasteiger partial charge on any atom is -0.341 e. The molecule has 1 aromatic heterocycles. The van der Waals surface area contributed by atoms with Crippen LogP contribution in [0.15, 0.2) is 6.20 Å². The summed E-state index contributed by atoms with van der Waals surface area (Å²) >= 11 is 1.63. The van der Waals surface area contributed by atoms with Crippen molar-refractivity contribution in [1.29, 1.82) is 0 Å². The number of rotatable bonds is 2. The van der Waals surface area contributed by atoms with Crippen molar-refractivity contribution in [2.24, 2.45) is 0 Å². The van der Waals surface area contributed by atoms with Crippen molar-refractivity contribution in [2.75, 3.05) is 7.05 Å². The van der Waals surface area contributed by atoms with Gasteiger partial charge in [0.15, 0.2) is 0 Å². The lowest BCUT2D eigenvalue weighted by atomic mass is 10.5. The van der Waals surface area contributed by atoms with Crippen LogP contribution in [0.2, 0.25) is 0 Å². The monoisotopic (exact) mass is 184 g/mol. The van der Waals surface area contributed by atoms with Crippen LogP contribution in [0, 0.1) is 6.92 Å². The lowest BCUT2D eigenvalue weighted by Gasteiger charge is -2.12. The lowest BCUT2D eigenvalue weighted by molar-refractivity contribution is -0.128. The van der Waals surface area contributed by atoms with E-state index in [0.29, 0.717) is 6.54 Å². The molecule has 1 rings (SSSR count). The minimum atomic E-state index is 0.0843. The first kappa shape index (κ1) is 9.19. The molecule has 66 valence electrons. The molecule has 0 aliphatic carbocycles. The summed E-state index contributed by atoms with van der Waals surface area (Å²) in [6.07, 6.45) is 1.82. The molecule has 3 nitrogen and oxygen atoms in total. The third kappa shape index (κ3) is 2.30. The quantitative estimate of drug-likeness (QED) is 0.696. The van der Waals surface area contributed by atoms with Gasteiger partial charge in [0.1, 0.15) is 0 Å². The van der Waals surface area contributed by atoms with Gasteiger partial charge in [-0.2, -0.15) is 0 Å². The number of carbonyl (C=O) groups excluding carboxylic acids is 1. The van der Waals surface area contributed by atoms with Gasteiger partial charge in [-0.15, -0.1) is 11.3 Å². The Kier molecular flexibility index (Phi) is 2.81. The first-order valence-corrected chi connectivity index (χ1v) is 4.54. The fourth-order valence-corrected chi connectivity index (χ4v) is 1.67. The second-order valence-electron chi connectivity index (χ2n) is 2.72. The Morgan fingerprint density at radius 1 is 1.75 bits per heavy atom. The number of thiazole rings is 1. The van der Waals surface area contributed by atoms with E-state index >= 15 is 0 Å². The van der Waals surface area contributed by atoms with Gasteiger partial charge in [-0.05, 0) is 6.92 Å². The second kappa shape index (κ2) is 3.67. The highest BCUT2D eigenvalue weighted by Gasteiger charge is 2.04. The zero-order chi connectivity index (χ0) is 9.14. The molecule has 0 aromatic carbocycles. The number of carbonyl (C=O) groups is 1. The highest BCUT2D eigenvalue weighted by molar-refractivity contribution is 7.11. The van der Waals surface area contributed by atoms with Gasteiger partial charge in [-0.1, -0.05) is 0 Å². The standard InChI is InChI=1S/C8H12N2OS/c1-6-9-4-8(12-6)5-10(3)7(2)11/h4H,5H2,1-3H3. The highest BCUT2D eigenvalue weighted by Crippen LogP contribution is 2.12. The summed E-state index contributed by atoms with van der Waals surface area (Å²) in [6, 6.07) is 0. The molecule has 0 aliphatic heterocycles. The average Bonchev–Trinajstić information content (AvgIpc) is 2.35. The van der Waals surface area contributed by atoms with Crippen LogP contribution in [-0.2, 0) is 11.3 Å². The maximum absolute atomic E-state index is 10.9. The van der Waals surface area contributed by atoms with E-state index in [9.17, 15) is 4.79 Å². The molecule has 0 fully saturated rings. The van der Waals surface area contributed by atoms with E-state index in [1.54, 1.807) is 30.2 Å². The third-order valence-corrected chi connectivity index (χ3v) is 2.50. The van der Waals surface area contributed by atoms with Crippen molar-refractivity contribution in [3.63, 3.8) is 0 Å². The highest BCUT2D eigenvalue weighted by atomic mass is 32.1. The first-order valence-electron chi connectivity index (χ1n) is 3.72. The number of hydrogen-bond acceptors (Lipinski definition) is 3. The summed E-state index contributed by atoms with van der Waals surface area (Å²) in [5.41, 5.74) is 0. The molecule has 0 saturated heterocycles. The van der Waals surface area contributed by atoms with Crippen LogP contribution in [0.25, 0.3) is 0 Å². The van der Waals surface area contributed by atoms with E-state index in [0.717, 1.165) is 9.88 Å². The summed E-state index contributed by atoms with van der Waals surface area (Å²) < 4.78 is 0. The fourth-order valence-electron chi connectivity index (χ4n) is 0.824. The van der Waals surface area contributed by atoms with Crippen LogP contribution in [0.1, 0.15) is 16.8 Å². The van der Waals surface area contributed by atoms with Gasteiger partial charge >= 0.3 is 0 Å². The number of hydrogen-bond donors (Lipinski definition) is 0. The van der Waals surface area contributed by atoms with Crippen molar-refractivity contribution in [3.8, 4) is 0 Å². The predicted octanol–water partition coefficient (Wildman–Crippen LogP) is 1.43. The molecule has 12 heavy (non-hydrogen) atoms. The predicted molar refractivity (Wildman–Crippen MR) is 49.0 cm³/mol. The number of aromatic nitrogens is 1. The molecule has 0 spiro atoms. The summed E-state index contributed by atoms with van der Waals surface area (Å²) in [6.45, 7) is 4.19. The topological polar surface area (TPSA) is 33.2 Å². The van der Waals surface area contributed by atoms with E-state index in [4.69, 9.17) is 0 Å². The van der Waals surface area contributed by atoms with E-state index in [1.165, 1.54) is 0 Å². The van der Waals surface area contributed by atoms with E-state index in [-0.39, 0.29) is 5.91 Å². The smallest absolute Gasteiger partial charge is 0.219 e. The molecule has 1 aromatic rings. The molecular formula is C8H12N2OS. The van der Waals surface area contributed by atoms with Crippen LogP contribution in [-0.4, -0.2) is 22.8 Å². The molecule has 4 heteroatoms. The molecule has 0 bridgehead atoms. The molecule has 0 radical (unpaired) electrons. The Morgan fingerprint density at radius 3 is 2.83 bits per heavy atom. The van der Waals surface area contributed by atoms with Crippen molar-refractivity contribution >= 4 is 17.2 Å². The van der Waals surface area contributed by atoms with Crippen molar-refractivity contribution in [3.05, 3.63) is 16.1 Å². The first-order chi connectivity index (χ1) is 5.59. The van der Waals surface area contributed by atoms with Crippen LogP contribution in [0.3, 0.4) is 0 Å². The maximum Gasteiger partial charge on any atom is 0.219 e. The molecule has 0 N–H and O–H groups in total. The minimum absolute atomic E-state index is 0.0843. The lowest BCUT2D eigenvalue weighted by Crippen LogP contribution is -2.22. The molecule has 1 amide bonds. The fraction of sp³-hybridized carbons (Fsp3) is 0.500. The maximum atomic E-state index is 10.9. The summed E-state index contributed by atoms with van der Waals surface area (Å²) in [7, 11) is 1.79. The van der Waals surface area contributed by atoms with Gasteiger partial charge in [-0.25, -0.2) is 4.98 Å². The van der Waals surface area contributed by atoms with Crippen molar-refractivity contribution < 1.29 is 4.79 Å². The summed E-state index contributed by atoms with van der Waals surface area (Å²) in [5.74, 6) is 0.0843. The van der Waals surface area contributed by atoms with Crippen LogP contribution in [0.5, 0.6) is 0 Å². The van der Waals surface area contributed by atoms with E-state index in [2.05, 4.69) is 4.98 Å². The van der Waals surface area contributed by atoms with E-state index < -0.39 is 0 Å². The van der Waals surface area contributed by atoms with Gasteiger partial charge in [0.05, 0.1) is 11.6 Å². The van der Waals surface area contributed by atoms with Gasteiger partial charge < -0.3 is 4.90 Å². The number of nitrogens with zero attached hydrogens (tertiary/aromatic N) is 2. The van der Waals surface area contributed by atoms with Gasteiger partial charge in [0.2, 0.25) is 5.91 Å². The summed E-state index contributed by atoms with van der Waals surface area (Å²) in [5, 5.41) is 1.04. The summed E-state index contributed by atoms with van der Waals surface area (Å²) in [4.78, 5) is 17.8. The third-order valence-electron chi connectivity index (χ3n) is 1.60. The Labute approximate surface area is 76.0 Å². The Hall–Kier alpha value is -0.900. The molecule has 0 saturated carbocycles. The SMILES string of the molecule is CC(=O)N(C)Cc1cnc(C)s1. The van der Waals surface area contributed by atoms with Crippen molar-refractivity contribution in [1.82, 2.24) is 9.88 Å². The average molecular weight is 184 g/mol. The zero-order valence-corrected chi connectivity index (χ0v) is 8.31. The van der Waals surface area contributed by atoms with Gasteiger partial charge in [-0.3, -0.25) is 4.79 Å². The molecule has 0 unspecified atom stereocenters. The largest absolute Gasteiger partial charge is 0.341 e. The van der Waals surface area contributed by atoms with Crippen molar-refractivity contribution in [2.45, 2.75) is 20.4 Å².